The standard InChI is InChI=1S/C3H9N.C2H3Cl/c1-4(2)3;1-2-3/h1-3H3;2H,1H2. The molecule has 0 radical (unpaired) electrons. The predicted octanol–water partition coefficient (Wildman–Crippen LogP) is 1.55. The molecular weight excluding hydrogens is 110 g/mol. The van der Waals surface area contributed by atoms with E-state index in [9.17, 15) is 0 Å². The van der Waals surface area contributed by atoms with Gasteiger partial charge in [-0.05, 0) is 26.7 Å². The van der Waals surface area contributed by atoms with Crippen LogP contribution < -0.4 is 0 Å². The van der Waals surface area contributed by atoms with Crippen LogP contribution in [0.5, 0.6) is 0 Å². The summed E-state index contributed by atoms with van der Waals surface area (Å²) in [6.07, 6.45) is 0. The van der Waals surface area contributed by atoms with Crippen molar-refractivity contribution < 1.29 is 0 Å². The summed E-state index contributed by atoms with van der Waals surface area (Å²) < 4.78 is 0. The monoisotopic (exact) mass is 121 g/mol. The summed E-state index contributed by atoms with van der Waals surface area (Å²) in [4.78, 5) is 2.00. The Labute approximate surface area is 50.6 Å². The van der Waals surface area contributed by atoms with Gasteiger partial charge in [-0.25, -0.2) is 0 Å². The molecule has 0 aromatic heterocycles. The Morgan fingerprint density at radius 1 is 1.43 bits per heavy atom. The van der Waals surface area contributed by atoms with Gasteiger partial charge in [0.2, 0.25) is 0 Å². The smallest absolute Gasteiger partial charge is 0.00296 e. The molecule has 0 aliphatic carbocycles. The van der Waals surface area contributed by atoms with Crippen LogP contribution in [0.1, 0.15) is 0 Å². The summed E-state index contributed by atoms with van der Waals surface area (Å²) >= 11 is 4.76. The highest BCUT2D eigenvalue weighted by atomic mass is 35.5. The molecule has 0 bridgehead atoms. The number of rotatable bonds is 0. The van der Waals surface area contributed by atoms with Gasteiger partial charge in [-0.2, -0.15) is 0 Å². The minimum Gasteiger partial charge on any atom is -0.312 e. The molecule has 7 heavy (non-hydrogen) atoms. The van der Waals surface area contributed by atoms with E-state index in [1.54, 1.807) is 0 Å². The van der Waals surface area contributed by atoms with Crippen molar-refractivity contribution in [3.05, 3.63) is 12.1 Å². The molecule has 0 saturated carbocycles. The molecule has 0 spiro atoms. The van der Waals surface area contributed by atoms with Crippen molar-refractivity contribution in [3.8, 4) is 0 Å². The predicted molar refractivity (Wildman–Crippen MR) is 35.7 cm³/mol. The largest absolute Gasteiger partial charge is 0.312 e. The molecule has 0 unspecified atom stereocenters. The lowest BCUT2D eigenvalue weighted by Crippen LogP contribution is -1.99. The Morgan fingerprint density at radius 2 is 1.43 bits per heavy atom. The summed E-state index contributed by atoms with van der Waals surface area (Å²) in [6.45, 7) is 3.13. The number of halogens is 1. The minimum atomic E-state index is 1.22. The van der Waals surface area contributed by atoms with Gasteiger partial charge in [0.25, 0.3) is 0 Å². The molecule has 0 N–H and O–H groups in total. The molecule has 0 aromatic rings. The summed E-state index contributed by atoms with van der Waals surface area (Å²) in [7, 11) is 6.00. The van der Waals surface area contributed by atoms with E-state index in [-0.39, 0.29) is 0 Å². The molecule has 0 saturated heterocycles. The second kappa shape index (κ2) is 9.37. The molecule has 0 atom stereocenters. The normalized spacial score (nSPS) is 7.00. The summed E-state index contributed by atoms with van der Waals surface area (Å²) in [5, 5.41) is 0. The van der Waals surface area contributed by atoms with Gasteiger partial charge in [0.15, 0.2) is 0 Å². The molecule has 0 heterocycles. The van der Waals surface area contributed by atoms with Crippen LogP contribution in [-0.2, 0) is 0 Å². The molecule has 44 valence electrons. The van der Waals surface area contributed by atoms with E-state index in [0.717, 1.165) is 0 Å². The fourth-order valence-electron chi connectivity index (χ4n) is 0. The van der Waals surface area contributed by atoms with Gasteiger partial charge in [-0.1, -0.05) is 18.2 Å². The number of hydrogen-bond acceptors (Lipinski definition) is 1. The topological polar surface area (TPSA) is 3.24 Å². The average Bonchev–Trinajstić information content (AvgIpc) is 1.33. The highest BCUT2D eigenvalue weighted by Crippen LogP contribution is 1.60. The minimum absolute atomic E-state index is 1.22. The number of nitrogens with zero attached hydrogens (tertiary/aromatic N) is 1. The maximum atomic E-state index is 4.76. The zero-order chi connectivity index (χ0) is 6.28. The van der Waals surface area contributed by atoms with Gasteiger partial charge < -0.3 is 4.90 Å². The lowest BCUT2D eigenvalue weighted by atomic mass is 11.0. The van der Waals surface area contributed by atoms with E-state index in [4.69, 9.17) is 11.6 Å². The van der Waals surface area contributed by atoms with Crippen molar-refractivity contribution in [2.45, 2.75) is 0 Å². The van der Waals surface area contributed by atoms with Crippen molar-refractivity contribution in [2.75, 3.05) is 21.1 Å². The molecule has 0 amide bonds. The lowest BCUT2D eigenvalue weighted by Gasteiger charge is -1.90. The zero-order valence-electron chi connectivity index (χ0n) is 5.11. The Hall–Kier alpha value is -0.0100. The van der Waals surface area contributed by atoms with Crippen molar-refractivity contribution >= 4 is 11.6 Å². The fourth-order valence-corrected chi connectivity index (χ4v) is 0. The Kier molecular flexibility index (Phi) is 13.5. The molecule has 0 aliphatic heterocycles. The first kappa shape index (κ1) is 10.1. The van der Waals surface area contributed by atoms with E-state index >= 15 is 0 Å². The van der Waals surface area contributed by atoms with E-state index in [2.05, 4.69) is 6.58 Å². The molecule has 0 rings (SSSR count). The van der Waals surface area contributed by atoms with Crippen LogP contribution in [0.4, 0.5) is 0 Å². The van der Waals surface area contributed by atoms with Crippen molar-refractivity contribution in [1.82, 2.24) is 4.90 Å². The second-order valence-electron chi connectivity index (χ2n) is 1.50. The Bertz CT molecular complexity index is 32.3. The first-order chi connectivity index (χ1) is 3.15. The molecular formula is C5H12ClN. The Balaban J connectivity index is 0. The molecule has 1 nitrogen and oxygen atoms in total. The maximum absolute atomic E-state index is 4.76. The van der Waals surface area contributed by atoms with Gasteiger partial charge >= 0.3 is 0 Å². The van der Waals surface area contributed by atoms with Crippen LogP contribution in [0.3, 0.4) is 0 Å². The van der Waals surface area contributed by atoms with Crippen molar-refractivity contribution in [1.29, 1.82) is 0 Å². The summed E-state index contributed by atoms with van der Waals surface area (Å²) in [5.41, 5.74) is 1.22. The summed E-state index contributed by atoms with van der Waals surface area (Å²) in [6, 6.07) is 0. The zero-order valence-corrected chi connectivity index (χ0v) is 5.87. The fraction of sp³-hybridized carbons (Fsp3) is 0.600. The van der Waals surface area contributed by atoms with Crippen LogP contribution in [0.15, 0.2) is 12.1 Å². The quantitative estimate of drug-likeness (QED) is 0.470. The third-order valence-electron chi connectivity index (χ3n) is 0. The SMILES string of the molecule is C=CCl.CN(C)C. The van der Waals surface area contributed by atoms with Gasteiger partial charge in [0.05, 0.1) is 0 Å². The van der Waals surface area contributed by atoms with Crippen molar-refractivity contribution in [3.63, 3.8) is 0 Å². The van der Waals surface area contributed by atoms with Crippen LogP contribution in [-0.4, -0.2) is 26.0 Å². The highest BCUT2D eigenvalue weighted by molar-refractivity contribution is 6.25. The van der Waals surface area contributed by atoms with Crippen LogP contribution in [0.25, 0.3) is 0 Å². The van der Waals surface area contributed by atoms with Gasteiger partial charge in [0.1, 0.15) is 0 Å². The molecule has 0 aromatic carbocycles. The molecule has 2 heteroatoms. The Morgan fingerprint density at radius 3 is 1.43 bits per heavy atom. The summed E-state index contributed by atoms with van der Waals surface area (Å²) in [5.74, 6) is 0. The second-order valence-corrected chi connectivity index (χ2v) is 1.80. The molecule has 0 fully saturated rings. The third-order valence-corrected chi connectivity index (χ3v) is 0. The van der Waals surface area contributed by atoms with Crippen LogP contribution >= 0.6 is 11.6 Å². The van der Waals surface area contributed by atoms with Crippen molar-refractivity contribution in [2.24, 2.45) is 0 Å². The first-order valence-electron chi connectivity index (χ1n) is 1.97. The third kappa shape index (κ3) is 954000. The van der Waals surface area contributed by atoms with Crippen LogP contribution in [0.2, 0.25) is 0 Å². The van der Waals surface area contributed by atoms with E-state index in [1.807, 2.05) is 26.0 Å². The highest BCUT2D eigenvalue weighted by Gasteiger charge is 1.58. The van der Waals surface area contributed by atoms with Gasteiger partial charge in [0, 0.05) is 0 Å². The lowest BCUT2D eigenvalue weighted by molar-refractivity contribution is 0.505. The van der Waals surface area contributed by atoms with Gasteiger partial charge in [-0.3, -0.25) is 0 Å². The first-order valence-corrected chi connectivity index (χ1v) is 2.40. The average molecular weight is 122 g/mol. The van der Waals surface area contributed by atoms with E-state index in [1.165, 1.54) is 5.54 Å². The van der Waals surface area contributed by atoms with Gasteiger partial charge in [-0.15, -0.1) is 0 Å². The van der Waals surface area contributed by atoms with Crippen LogP contribution in [0, 0.1) is 0 Å². The van der Waals surface area contributed by atoms with E-state index < -0.39 is 0 Å². The maximum Gasteiger partial charge on any atom is -0.00296 e. The van der Waals surface area contributed by atoms with E-state index in [0.29, 0.717) is 0 Å². The number of hydrogen-bond donors (Lipinski definition) is 0. The molecule has 0 aliphatic rings.